The molecule has 0 fully saturated rings. The molecule has 120 valence electrons. The summed E-state index contributed by atoms with van der Waals surface area (Å²) in [5.74, 6) is -0.0714. The van der Waals surface area contributed by atoms with Crippen LogP contribution >= 0.6 is 12.2 Å². The lowest BCUT2D eigenvalue weighted by Gasteiger charge is -2.15. The zero-order chi connectivity index (χ0) is 16.7. The maximum Gasteiger partial charge on any atom is 0.253 e. The molecule has 0 saturated carbocycles. The Bertz CT molecular complexity index is 556. The monoisotopic (exact) mass is 321 g/mol. The molecule has 0 heterocycles. The molecule has 0 aliphatic heterocycles. The van der Waals surface area contributed by atoms with Gasteiger partial charge in [-0.3, -0.25) is 9.59 Å². The maximum atomic E-state index is 12.1. The van der Waals surface area contributed by atoms with E-state index in [9.17, 15) is 9.59 Å². The molecule has 0 aromatic heterocycles. The number of hydrogen-bond donors (Lipinski definition) is 3. The van der Waals surface area contributed by atoms with E-state index in [1.54, 1.807) is 24.3 Å². The number of hydrogen-bond acceptors (Lipinski definition) is 3. The molecule has 6 heteroatoms. The van der Waals surface area contributed by atoms with E-state index >= 15 is 0 Å². The van der Waals surface area contributed by atoms with Crippen LogP contribution in [0.3, 0.4) is 0 Å². The van der Waals surface area contributed by atoms with Crippen LogP contribution < -0.4 is 16.0 Å². The first-order chi connectivity index (χ1) is 10.3. The van der Waals surface area contributed by atoms with Gasteiger partial charge in [-0.15, -0.1) is 0 Å². The lowest BCUT2D eigenvalue weighted by atomic mass is 10.1. The molecule has 0 atom stereocenters. The molecule has 0 aliphatic carbocycles. The number of carbonyl (C=O) groups is 2. The molecule has 0 unspecified atom stereocenters. The second-order valence-corrected chi connectivity index (χ2v) is 6.18. The third-order valence-corrected chi connectivity index (χ3v) is 2.89. The highest BCUT2D eigenvalue weighted by Gasteiger charge is 2.13. The third-order valence-electron chi connectivity index (χ3n) is 2.69. The van der Waals surface area contributed by atoms with E-state index < -0.39 is 0 Å². The van der Waals surface area contributed by atoms with Gasteiger partial charge in [-0.2, -0.15) is 0 Å². The smallest absolute Gasteiger partial charge is 0.253 e. The zero-order valence-corrected chi connectivity index (χ0v) is 14.2. The Labute approximate surface area is 136 Å². The van der Waals surface area contributed by atoms with Gasteiger partial charge in [-0.25, -0.2) is 0 Å². The second-order valence-electron chi connectivity index (χ2n) is 5.77. The molecule has 1 aromatic carbocycles. The summed E-state index contributed by atoms with van der Waals surface area (Å²) in [7, 11) is 0. The van der Waals surface area contributed by atoms with E-state index in [-0.39, 0.29) is 28.9 Å². The summed E-state index contributed by atoms with van der Waals surface area (Å²) >= 11 is 5.12. The van der Waals surface area contributed by atoms with E-state index in [0.29, 0.717) is 17.7 Å². The Kier molecular flexibility index (Phi) is 6.98. The summed E-state index contributed by atoms with van der Waals surface area (Å²) in [6.07, 6.45) is 0.400. The number of anilines is 1. The van der Waals surface area contributed by atoms with Crippen molar-refractivity contribution in [2.45, 2.75) is 40.2 Å². The Morgan fingerprint density at radius 2 is 1.77 bits per heavy atom. The summed E-state index contributed by atoms with van der Waals surface area (Å²) in [5.41, 5.74) is 1.05. The third kappa shape index (κ3) is 6.22. The zero-order valence-electron chi connectivity index (χ0n) is 13.4. The minimum atomic E-state index is -0.186. The molecular weight excluding hydrogens is 298 g/mol. The lowest BCUT2D eigenvalue weighted by Crippen LogP contribution is -2.36. The predicted molar refractivity (Wildman–Crippen MR) is 92.9 cm³/mol. The Balaban J connectivity index is 2.75. The molecule has 0 saturated heterocycles. The number of nitrogens with one attached hydrogen (secondary N) is 3. The lowest BCUT2D eigenvalue weighted by molar-refractivity contribution is -0.120. The molecule has 1 aromatic rings. The molecule has 0 radical (unpaired) electrons. The number of para-hydroxylation sites is 1. The largest absolute Gasteiger partial charge is 0.350 e. The SMILES string of the molecule is CC(C)CC(=O)NC(=S)Nc1ccccc1C(=O)NC(C)C. The number of benzene rings is 1. The van der Waals surface area contributed by atoms with Gasteiger partial charge in [0.25, 0.3) is 5.91 Å². The van der Waals surface area contributed by atoms with Crippen LogP contribution in [0.25, 0.3) is 0 Å². The van der Waals surface area contributed by atoms with Gasteiger partial charge in [-0.05, 0) is 44.1 Å². The van der Waals surface area contributed by atoms with Crippen molar-refractivity contribution in [2.24, 2.45) is 5.92 Å². The number of thiocarbonyl (C=S) groups is 1. The van der Waals surface area contributed by atoms with Gasteiger partial charge >= 0.3 is 0 Å². The summed E-state index contributed by atoms with van der Waals surface area (Å²) in [6, 6.07) is 7.07. The maximum absolute atomic E-state index is 12.1. The van der Waals surface area contributed by atoms with E-state index in [1.807, 2.05) is 27.7 Å². The molecule has 0 spiro atoms. The highest BCUT2D eigenvalue weighted by Crippen LogP contribution is 2.15. The molecule has 3 N–H and O–H groups in total. The summed E-state index contributed by atoms with van der Waals surface area (Å²) in [4.78, 5) is 23.8. The Morgan fingerprint density at radius 1 is 1.14 bits per heavy atom. The molecular formula is C16H23N3O2S. The van der Waals surface area contributed by atoms with Crippen molar-refractivity contribution in [3.05, 3.63) is 29.8 Å². The Morgan fingerprint density at radius 3 is 2.36 bits per heavy atom. The average Bonchev–Trinajstić information content (AvgIpc) is 2.36. The van der Waals surface area contributed by atoms with Crippen LogP contribution in [0.1, 0.15) is 44.5 Å². The normalized spacial score (nSPS) is 10.5. The van der Waals surface area contributed by atoms with E-state index in [1.165, 1.54) is 0 Å². The van der Waals surface area contributed by atoms with Gasteiger partial charge in [0.15, 0.2) is 5.11 Å². The molecule has 0 bridgehead atoms. The second kappa shape index (κ2) is 8.48. The predicted octanol–water partition coefficient (Wildman–Crippen LogP) is 2.68. The minimum Gasteiger partial charge on any atom is -0.350 e. The van der Waals surface area contributed by atoms with Crippen LogP contribution in [-0.2, 0) is 4.79 Å². The standard InChI is InChI=1S/C16H23N3O2S/c1-10(2)9-14(20)19-16(22)18-13-8-6-5-7-12(13)15(21)17-11(3)4/h5-8,10-11H,9H2,1-4H3,(H,17,21)(H2,18,19,20,22). The van der Waals surface area contributed by atoms with Crippen LogP contribution in [-0.4, -0.2) is 23.0 Å². The fraction of sp³-hybridized carbons (Fsp3) is 0.438. The van der Waals surface area contributed by atoms with E-state index in [0.717, 1.165) is 0 Å². The highest BCUT2D eigenvalue weighted by atomic mass is 32.1. The minimum absolute atomic E-state index is 0.0400. The van der Waals surface area contributed by atoms with Gasteiger partial charge < -0.3 is 16.0 Å². The van der Waals surface area contributed by atoms with Crippen LogP contribution in [0, 0.1) is 5.92 Å². The topological polar surface area (TPSA) is 70.2 Å². The first-order valence-corrected chi connectivity index (χ1v) is 7.71. The van der Waals surface area contributed by atoms with Gasteiger partial charge in [-0.1, -0.05) is 26.0 Å². The van der Waals surface area contributed by atoms with Crippen molar-refractivity contribution in [1.82, 2.24) is 10.6 Å². The van der Waals surface area contributed by atoms with Crippen molar-refractivity contribution < 1.29 is 9.59 Å². The Hall–Kier alpha value is -1.95. The quantitative estimate of drug-likeness (QED) is 0.729. The summed E-state index contributed by atoms with van der Waals surface area (Å²) < 4.78 is 0. The van der Waals surface area contributed by atoms with Crippen LogP contribution in [0.15, 0.2) is 24.3 Å². The van der Waals surface area contributed by atoms with Crippen LogP contribution in [0.2, 0.25) is 0 Å². The molecule has 22 heavy (non-hydrogen) atoms. The van der Waals surface area contributed by atoms with Crippen molar-refractivity contribution in [2.75, 3.05) is 5.32 Å². The fourth-order valence-corrected chi connectivity index (χ4v) is 2.06. The average molecular weight is 321 g/mol. The molecule has 2 amide bonds. The van der Waals surface area contributed by atoms with Gasteiger partial charge in [0, 0.05) is 12.5 Å². The van der Waals surface area contributed by atoms with Crippen LogP contribution in [0.5, 0.6) is 0 Å². The summed E-state index contributed by atoms with van der Waals surface area (Å²) in [5, 5.41) is 8.54. The van der Waals surface area contributed by atoms with Crippen LogP contribution in [0.4, 0.5) is 5.69 Å². The van der Waals surface area contributed by atoms with E-state index in [4.69, 9.17) is 12.2 Å². The van der Waals surface area contributed by atoms with E-state index in [2.05, 4.69) is 16.0 Å². The summed E-state index contributed by atoms with van der Waals surface area (Å²) in [6.45, 7) is 7.71. The van der Waals surface area contributed by atoms with Crippen molar-refractivity contribution >= 4 is 34.8 Å². The van der Waals surface area contributed by atoms with Gasteiger partial charge in [0.2, 0.25) is 5.91 Å². The molecule has 5 nitrogen and oxygen atoms in total. The number of carbonyl (C=O) groups excluding carboxylic acids is 2. The van der Waals surface area contributed by atoms with Crippen molar-refractivity contribution in [3.8, 4) is 0 Å². The van der Waals surface area contributed by atoms with Crippen molar-refractivity contribution in [1.29, 1.82) is 0 Å². The molecule has 0 aliphatic rings. The molecule has 1 rings (SSSR count). The van der Waals surface area contributed by atoms with Crippen molar-refractivity contribution in [3.63, 3.8) is 0 Å². The first kappa shape index (κ1) is 18.1. The first-order valence-electron chi connectivity index (χ1n) is 7.30. The van der Waals surface area contributed by atoms with Gasteiger partial charge in [0.1, 0.15) is 0 Å². The number of rotatable bonds is 5. The van der Waals surface area contributed by atoms with Gasteiger partial charge in [0.05, 0.1) is 11.3 Å². The number of amides is 2. The highest BCUT2D eigenvalue weighted by molar-refractivity contribution is 7.80. The fourth-order valence-electron chi connectivity index (χ4n) is 1.83.